The number of rotatable bonds is 7. The number of carbonyl (C=O) groups excluding carboxylic acids is 1. The molecule has 1 aliphatic heterocycles. The Labute approximate surface area is 211 Å². The predicted octanol–water partition coefficient (Wildman–Crippen LogP) is 4.90. The van der Waals surface area contributed by atoms with Gasteiger partial charge in [-0.05, 0) is 35.9 Å². The molecule has 4 aromatic rings. The molecule has 1 fully saturated rings. The molecule has 36 heavy (non-hydrogen) atoms. The maximum Gasteiger partial charge on any atom is 0.293 e. The van der Waals surface area contributed by atoms with Crippen molar-refractivity contribution in [3.05, 3.63) is 88.0 Å². The highest BCUT2D eigenvalue weighted by atomic mass is 32.1. The van der Waals surface area contributed by atoms with Crippen LogP contribution >= 0.6 is 11.3 Å². The Balaban J connectivity index is 1.54. The highest BCUT2D eigenvalue weighted by Gasteiger charge is 2.27. The van der Waals surface area contributed by atoms with Crippen LogP contribution in [0, 0.1) is 10.1 Å². The van der Waals surface area contributed by atoms with Crippen LogP contribution in [0.15, 0.2) is 66.7 Å². The minimum Gasteiger partial charge on any atom is -0.497 e. The van der Waals surface area contributed by atoms with Crippen molar-refractivity contribution in [2.75, 3.05) is 43.2 Å². The van der Waals surface area contributed by atoms with Crippen molar-refractivity contribution in [1.82, 2.24) is 4.98 Å². The van der Waals surface area contributed by atoms with Crippen LogP contribution in [0.25, 0.3) is 10.2 Å². The Morgan fingerprint density at radius 3 is 2.64 bits per heavy atom. The molecule has 1 aliphatic rings. The number of nitro benzene ring substituents is 1. The molecule has 3 aromatic carbocycles. The van der Waals surface area contributed by atoms with Crippen LogP contribution in [0.2, 0.25) is 0 Å². The van der Waals surface area contributed by atoms with Crippen LogP contribution in [0.3, 0.4) is 0 Å². The van der Waals surface area contributed by atoms with Gasteiger partial charge in [0.2, 0.25) is 0 Å². The lowest BCUT2D eigenvalue weighted by Gasteiger charge is -2.28. The normalized spacial score (nSPS) is 13.5. The molecular formula is C26H24N4O5S. The van der Waals surface area contributed by atoms with Crippen molar-refractivity contribution in [1.29, 1.82) is 0 Å². The number of carbonyl (C=O) groups is 1. The molecule has 10 heteroatoms. The Bertz CT molecular complexity index is 1400. The number of hydrogen-bond acceptors (Lipinski definition) is 8. The number of fused-ring (bicyclic) bond motifs is 1. The monoisotopic (exact) mass is 504 g/mol. The number of nitrogens with zero attached hydrogens (tertiary/aromatic N) is 4. The number of methoxy groups -OCH3 is 1. The zero-order valence-electron chi connectivity index (χ0n) is 19.6. The zero-order chi connectivity index (χ0) is 25.1. The Hall–Kier alpha value is -4.02. The summed E-state index contributed by atoms with van der Waals surface area (Å²) < 4.78 is 11.6. The number of aromatic nitrogens is 1. The number of morpholine rings is 1. The number of benzene rings is 3. The lowest BCUT2D eigenvalue weighted by molar-refractivity contribution is -0.384. The summed E-state index contributed by atoms with van der Waals surface area (Å²) in [6.45, 7) is 2.40. The van der Waals surface area contributed by atoms with Gasteiger partial charge in [-0.3, -0.25) is 19.8 Å². The van der Waals surface area contributed by atoms with Crippen molar-refractivity contribution in [2.24, 2.45) is 0 Å². The summed E-state index contributed by atoms with van der Waals surface area (Å²) in [5, 5.41) is 12.5. The van der Waals surface area contributed by atoms with E-state index in [1.54, 1.807) is 24.1 Å². The van der Waals surface area contributed by atoms with Crippen molar-refractivity contribution < 1.29 is 19.2 Å². The third-order valence-electron chi connectivity index (χ3n) is 6.01. The second-order valence-corrected chi connectivity index (χ2v) is 9.28. The van der Waals surface area contributed by atoms with E-state index in [0.29, 0.717) is 42.9 Å². The zero-order valence-corrected chi connectivity index (χ0v) is 20.4. The van der Waals surface area contributed by atoms with Gasteiger partial charge < -0.3 is 14.4 Å². The van der Waals surface area contributed by atoms with Gasteiger partial charge in [0.05, 0.1) is 42.0 Å². The second kappa shape index (κ2) is 10.3. The van der Waals surface area contributed by atoms with Crippen molar-refractivity contribution >= 4 is 44.0 Å². The molecule has 1 aromatic heterocycles. The number of hydrogen-bond donors (Lipinski definition) is 0. The minimum absolute atomic E-state index is 0.101. The first-order valence-corrected chi connectivity index (χ1v) is 12.3. The fraction of sp³-hybridized carbons (Fsp3) is 0.231. The summed E-state index contributed by atoms with van der Waals surface area (Å²) in [5.41, 5.74) is 2.28. The number of nitro groups is 1. The van der Waals surface area contributed by atoms with Gasteiger partial charge in [0.1, 0.15) is 11.4 Å². The van der Waals surface area contributed by atoms with Crippen LogP contribution in [-0.4, -0.2) is 49.2 Å². The first kappa shape index (κ1) is 23.7. The molecule has 0 saturated carbocycles. The van der Waals surface area contributed by atoms with E-state index in [2.05, 4.69) is 0 Å². The molecule has 0 radical (unpaired) electrons. The van der Waals surface area contributed by atoms with Gasteiger partial charge >= 0.3 is 0 Å². The second-order valence-electron chi connectivity index (χ2n) is 8.27. The van der Waals surface area contributed by atoms with Gasteiger partial charge in [0, 0.05) is 24.7 Å². The smallest absolute Gasteiger partial charge is 0.293 e. The maximum atomic E-state index is 13.8. The van der Waals surface area contributed by atoms with Gasteiger partial charge in [-0.1, -0.05) is 41.7 Å². The van der Waals surface area contributed by atoms with Gasteiger partial charge in [0.15, 0.2) is 5.13 Å². The summed E-state index contributed by atoms with van der Waals surface area (Å²) in [7, 11) is 1.60. The highest BCUT2D eigenvalue weighted by molar-refractivity contribution is 7.22. The maximum absolute atomic E-state index is 13.8. The molecule has 9 nitrogen and oxygen atoms in total. The molecule has 0 bridgehead atoms. The fourth-order valence-electron chi connectivity index (χ4n) is 4.16. The summed E-state index contributed by atoms with van der Waals surface area (Å²) in [6.07, 6.45) is 0. The van der Waals surface area contributed by atoms with E-state index in [0.717, 1.165) is 15.8 Å². The van der Waals surface area contributed by atoms with E-state index in [-0.39, 0.29) is 23.7 Å². The molecular weight excluding hydrogens is 480 g/mol. The summed E-state index contributed by atoms with van der Waals surface area (Å²) in [6, 6.07) is 19.8. The molecule has 1 amide bonds. The van der Waals surface area contributed by atoms with Crippen LogP contribution in [0.1, 0.15) is 15.9 Å². The SMILES string of the molecule is COc1ccc2nc(N(Cc3ccccc3)C(=O)c3ccc(N4CCOCC4)c([N+](=O)[O-])c3)sc2c1. The predicted molar refractivity (Wildman–Crippen MR) is 139 cm³/mol. The first-order chi connectivity index (χ1) is 17.5. The van der Waals surface area contributed by atoms with Crippen LogP contribution in [-0.2, 0) is 11.3 Å². The van der Waals surface area contributed by atoms with E-state index < -0.39 is 4.92 Å². The fourth-order valence-corrected chi connectivity index (χ4v) is 5.15. The molecule has 1 saturated heterocycles. The average molecular weight is 505 g/mol. The largest absolute Gasteiger partial charge is 0.497 e. The molecule has 0 aliphatic carbocycles. The molecule has 5 rings (SSSR count). The van der Waals surface area contributed by atoms with Gasteiger partial charge in [0.25, 0.3) is 11.6 Å². The number of thiazole rings is 1. The lowest BCUT2D eigenvalue weighted by atomic mass is 10.1. The Morgan fingerprint density at radius 2 is 1.92 bits per heavy atom. The third-order valence-corrected chi connectivity index (χ3v) is 7.06. The Kier molecular flexibility index (Phi) is 6.79. The molecule has 184 valence electrons. The lowest BCUT2D eigenvalue weighted by Crippen LogP contribution is -2.36. The number of amides is 1. The molecule has 0 atom stereocenters. The van der Waals surface area contributed by atoms with E-state index in [1.165, 1.54) is 17.4 Å². The first-order valence-electron chi connectivity index (χ1n) is 11.4. The van der Waals surface area contributed by atoms with Crippen molar-refractivity contribution in [3.63, 3.8) is 0 Å². The molecule has 2 heterocycles. The summed E-state index contributed by atoms with van der Waals surface area (Å²) in [4.78, 5) is 33.5. The van der Waals surface area contributed by atoms with Gasteiger partial charge in [-0.15, -0.1) is 0 Å². The van der Waals surface area contributed by atoms with E-state index in [1.807, 2.05) is 53.4 Å². The number of ether oxygens (including phenoxy) is 2. The van der Waals surface area contributed by atoms with E-state index in [9.17, 15) is 14.9 Å². The number of anilines is 2. The standard InChI is InChI=1S/C26H24N4O5S/c1-34-20-8-9-21-24(16-20)36-26(27-21)29(17-18-5-3-2-4-6-18)25(31)19-7-10-22(23(15-19)30(32)33)28-11-13-35-14-12-28/h2-10,15-16H,11-14,17H2,1H3. The highest BCUT2D eigenvalue weighted by Crippen LogP contribution is 2.35. The average Bonchev–Trinajstić information content (AvgIpc) is 3.35. The van der Waals surface area contributed by atoms with Crippen molar-refractivity contribution in [3.8, 4) is 5.75 Å². The topological polar surface area (TPSA) is 98.0 Å². The van der Waals surface area contributed by atoms with E-state index in [4.69, 9.17) is 14.5 Å². The summed E-state index contributed by atoms with van der Waals surface area (Å²) >= 11 is 1.37. The van der Waals surface area contributed by atoms with Gasteiger partial charge in [-0.2, -0.15) is 0 Å². The minimum atomic E-state index is -0.437. The van der Waals surface area contributed by atoms with Gasteiger partial charge in [-0.25, -0.2) is 4.98 Å². The third kappa shape index (κ3) is 4.86. The summed E-state index contributed by atoms with van der Waals surface area (Å²) in [5.74, 6) is 0.342. The molecule has 0 N–H and O–H groups in total. The van der Waals surface area contributed by atoms with E-state index >= 15 is 0 Å². The quantitative estimate of drug-likeness (QED) is 0.261. The Morgan fingerprint density at radius 1 is 1.14 bits per heavy atom. The van der Waals surface area contributed by atoms with Crippen LogP contribution in [0.5, 0.6) is 5.75 Å². The van der Waals surface area contributed by atoms with Crippen molar-refractivity contribution in [2.45, 2.75) is 6.54 Å². The molecule has 0 unspecified atom stereocenters. The van der Waals surface area contributed by atoms with Crippen LogP contribution < -0.4 is 14.5 Å². The van der Waals surface area contributed by atoms with Crippen LogP contribution in [0.4, 0.5) is 16.5 Å². The molecule has 0 spiro atoms.